The molecule has 2 amide bonds. The minimum Gasteiger partial charge on any atom is -0.460 e. The smallest absolute Gasteiger partial charge is 0.322 e. The number of sulfonamides is 1. The lowest BCUT2D eigenvalue weighted by Gasteiger charge is -2.58. The number of rotatable bonds is 5. The Balaban J connectivity index is 1.02. The highest BCUT2D eigenvalue weighted by molar-refractivity contribution is 7.88. The molecule has 5 fully saturated rings. The maximum Gasteiger partial charge on any atom is 0.322 e. The molecule has 4 bridgehead atoms. The van der Waals surface area contributed by atoms with Crippen molar-refractivity contribution in [3.8, 4) is 6.01 Å². The van der Waals surface area contributed by atoms with Crippen LogP contribution in [0.5, 0.6) is 6.01 Å². The Morgan fingerprint density at radius 3 is 2.29 bits per heavy atom. The number of aliphatic hydroxyl groups is 1. The van der Waals surface area contributed by atoms with Crippen LogP contribution in [-0.4, -0.2) is 84.0 Å². The number of carbonyl (C=O) groups is 1. The van der Waals surface area contributed by atoms with E-state index in [1.807, 2.05) is 29.2 Å². The molecule has 41 heavy (non-hydrogen) atoms. The van der Waals surface area contributed by atoms with E-state index in [9.17, 15) is 18.3 Å². The molecular formula is C29H38N6O5S. The van der Waals surface area contributed by atoms with Crippen molar-refractivity contribution in [3.05, 3.63) is 36.7 Å². The van der Waals surface area contributed by atoms with Gasteiger partial charge >= 0.3 is 12.0 Å². The number of piperidine rings is 1. The van der Waals surface area contributed by atoms with E-state index in [1.165, 1.54) is 10.6 Å². The average Bonchev–Trinajstić information content (AvgIpc) is 2.94. The second-order valence-electron chi connectivity index (χ2n) is 12.7. The zero-order valence-corrected chi connectivity index (χ0v) is 24.2. The maximum absolute atomic E-state index is 13.6. The molecule has 1 saturated heterocycles. The number of anilines is 3. The van der Waals surface area contributed by atoms with Crippen LogP contribution in [0.1, 0.15) is 44.9 Å². The van der Waals surface area contributed by atoms with Crippen LogP contribution in [0.4, 0.5) is 21.9 Å². The number of ether oxygens (including phenoxy) is 1. The van der Waals surface area contributed by atoms with Crippen LogP contribution in [0.3, 0.4) is 0 Å². The topological polar surface area (TPSA) is 128 Å². The Bertz CT molecular complexity index is 1400. The van der Waals surface area contributed by atoms with E-state index in [4.69, 9.17) is 4.74 Å². The lowest BCUT2D eigenvalue weighted by molar-refractivity contribution is -0.136. The van der Waals surface area contributed by atoms with Crippen LogP contribution < -0.4 is 19.9 Å². The van der Waals surface area contributed by atoms with Gasteiger partial charge in [0.25, 0.3) is 0 Å². The Labute approximate surface area is 240 Å². The van der Waals surface area contributed by atoms with Crippen molar-refractivity contribution in [2.24, 2.45) is 17.8 Å². The van der Waals surface area contributed by atoms with Crippen LogP contribution in [0, 0.1) is 17.8 Å². The lowest BCUT2D eigenvalue weighted by atomic mass is 9.52. The number of para-hydroxylation sites is 2. The third-order valence-corrected chi connectivity index (χ3v) is 11.2. The summed E-state index contributed by atoms with van der Waals surface area (Å²) in [6.45, 7) is 1.98. The van der Waals surface area contributed by atoms with Crippen molar-refractivity contribution in [1.29, 1.82) is 0 Å². The average molecular weight is 583 g/mol. The van der Waals surface area contributed by atoms with Gasteiger partial charge in [-0.3, -0.25) is 4.90 Å². The molecule has 8 rings (SSSR count). The number of nitrogens with one attached hydrogen (secondary N) is 1. The fraction of sp³-hybridized carbons (Fsp3) is 0.621. The summed E-state index contributed by atoms with van der Waals surface area (Å²) >= 11 is 0. The highest BCUT2D eigenvalue weighted by Crippen LogP contribution is 2.55. The van der Waals surface area contributed by atoms with Gasteiger partial charge in [0.1, 0.15) is 6.10 Å². The molecule has 2 unspecified atom stereocenters. The molecule has 2 aliphatic heterocycles. The number of carbonyl (C=O) groups excluding carboxylic acids is 1. The predicted molar refractivity (Wildman–Crippen MR) is 154 cm³/mol. The van der Waals surface area contributed by atoms with E-state index >= 15 is 0 Å². The van der Waals surface area contributed by atoms with E-state index < -0.39 is 15.6 Å². The largest absolute Gasteiger partial charge is 0.460 e. The van der Waals surface area contributed by atoms with Crippen molar-refractivity contribution < 1.29 is 23.1 Å². The molecule has 4 aliphatic carbocycles. The lowest BCUT2D eigenvalue weighted by Crippen LogP contribution is -2.63. The number of hydrogen-bond acceptors (Lipinski definition) is 8. The Morgan fingerprint density at radius 2 is 1.66 bits per heavy atom. The highest BCUT2D eigenvalue weighted by atomic mass is 32.2. The summed E-state index contributed by atoms with van der Waals surface area (Å²) in [5.41, 5.74) is 2.05. The molecule has 2 atom stereocenters. The number of nitrogens with zero attached hydrogens (tertiary/aromatic N) is 5. The fourth-order valence-corrected chi connectivity index (χ4v) is 9.09. The van der Waals surface area contributed by atoms with Crippen LogP contribution >= 0.6 is 0 Å². The van der Waals surface area contributed by atoms with Gasteiger partial charge in [0.05, 0.1) is 41.3 Å². The molecule has 1 aromatic heterocycles. The van der Waals surface area contributed by atoms with E-state index in [0.29, 0.717) is 56.8 Å². The SMILES string of the molecule is CS(=O)(=O)N1CCC(Oc2ncc(N3CCN(C(=O)NC4C5CC6CC4CC(O)(C6)C5)c4ccccc43)cn2)CC1. The van der Waals surface area contributed by atoms with Crippen molar-refractivity contribution >= 4 is 33.1 Å². The third-order valence-electron chi connectivity index (χ3n) is 9.85. The molecule has 11 nitrogen and oxygen atoms in total. The van der Waals surface area contributed by atoms with Gasteiger partial charge in [0.2, 0.25) is 10.0 Å². The first kappa shape index (κ1) is 26.9. The molecule has 1 aromatic carbocycles. The number of fused-ring (bicyclic) bond motifs is 1. The van der Waals surface area contributed by atoms with Crippen molar-refractivity contribution in [3.63, 3.8) is 0 Å². The van der Waals surface area contributed by atoms with Crippen LogP contribution in [0.2, 0.25) is 0 Å². The van der Waals surface area contributed by atoms with Crippen LogP contribution in [0.15, 0.2) is 36.7 Å². The monoisotopic (exact) mass is 582 g/mol. The molecule has 0 radical (unpaired) electrons. The van der Waals surface area contributed by atoms with Crippen molar-refractivity contribution in [2.75, 3.05) is 42.2 Å². The van der Waals surface area contributed by atoms with Gasteiger partial charge in [0.15, 0.2) is 0 Å². The van der Waals surface area contributed by atoms with Gasteiger partial charge in [-0.2, -0.15) is 0 Å². The van der Waals surface area contributed by atoms with Crippen LogP contribution in [-0.2, 0) is 10.0 Å². The minimum absolute atomic E-state index is 0.0662. The quantitative estimate of drug-likeness (QED) is 0.551. The normalized spacial score (nSPS) is 31.7. The highest BCUT2D eigenvalue weighted by Gasteiger charge is 2.55. The minimum atomic E-state index is -3.18. The molecule has 2 N–H and O–H groups in total. The van der Waals surface area contributed by atoms with E-state index in [0.717, 1.165) is 49.2 Å². The van der Waals surface area contributed by atoms with Crippen molar-refractivity contribution in [2.45, 2.75) is 62.7 Å². The standard InChI is InChI=1S/C29H38N6O5S/c1-41(38,39)33-8-6-23(7-9-33)40-27-30-17-22(18-31-27)34-10-11-35(25-5-3-2-4-24(25)34)28(36)32-26-20-12-19-13-21(26)16-29(37,14-19)15-20/h2-5,17-21,23,26,37H,6-16H2,1H3,(H,32,36). The molecule has 220 valence electrons. The Hall–Kier alpha value is -2.96. The van der Waals surface area contributed by atoms with E-state index in [2.05, 4.69) is 20.2 Å². The summed E-state index contributed by atoms with van der Waals surface area (Å²) in [4.78, 5) is 26.5. The molecule has 4 saturated carbocycles. The summed E-state index contributed by atoms with van der Waals surface area (Å²) in [5.74, 6) is 1.32. The summed E-state index contributed by atoms with van der Waals surface area (Å²) in [6.07, 6.45) is 10.5. The van der Waals surface area contributed by atoms with Gasteiger partial charge < -0.3 is 20.1 Å². The molecule has 2 aromatic rings. The molecule has 3 heterocycles. The number of urea groups is 1. The summed E-state index contributed by atoms with van der Waals surface area (Å²) in [5, 5.41) is 14.3. The second-order valence-corrected chi connectivity index (χ2v) is 14.6. The van der Waals surface area contributed by atoms with E-state index in [1.54, 1.807) is 12.4 Å². The first-order chi connectivity index (χ1) is 19.6. The number of amides is 2. The zero-order valence-electron chi connectivity index (χ0n) is 23.4. The van der Waals surface area contributed by atoms with Gasteiger partial charge in [-0.05, 0) is 74.8 Å². The number of hydrogen-bond donors (Lipinski definition) is 2. The first-order valence-electron chi connectivity index (χ1n) is 14.8. The van der Waals surface area contributed by atoms with Crippen LogP contribution in [0.25, 0.3) is 0 Å². The molecule has 0 spiro atoms. The summed E-state index contributed by atoms with van der Waals surface area (Å²) in [7, 11) is -3.18. The summed E-state index contributed by atoms with van der Waals surface area (Å²) in [6, 6.07) is 8.23. The predicted octanol–water partition coefficient (Wildman–Crippen LogP) is 2.89. The Kier molecular flexibility index (Phi) is 6.62. The van der Waals surface area contributed by atoms with Crippen molar-refractivity contribution in [1.82, 2.24) is 19.6 Å². The van der Waals surface area contributed by atoms with E-state index in [-0.39, 0.29) is 24.2 Å². The third kappa shape index (κ3) is 5.14. The maximum atomic E-state index is 13.6. The Morgan fingerprint density at radius 1 is 1.00 bits per heavy atom. The fourth-order valence-electron chi connectivity index (χ4n) is 8.22. The molecule has 12 heteroatoms. The first-order valence-corrected chi connectivity index (χ1v) is 16.6. The summed E-state index contributed by atoms with van der Waals surface area (Å²) < 4.78 is 30.9. The molecular weight excluding hydrogens is 544 g/mol. The van der Waals surface area contributed by atoms with Gasteiger partial charge in [-0.1, -0.05) is 12.1 Å². The number of aromatic nitrogens is 2. The van der Waals surface area contributed by atoms with Gasteiger partial charge in [0, 0.05) is 32.2 Å². The zero-order chi connectivity index (χ0) is 28.4. The number of benzene rings is 1. The van der Waals surface area contributed by atoms with Gasteiger partial charge in [-0.25, -0.2) is 27.5 Å². The second kappa shape index (κ2) is 10.1. The molecule has 6 aliphatic rings. The van der Waals surface area contributed by atoms with Gasteiger partial charge in [-0.15, -0.1) is 0 Å².